The number of benzene rings is 1. The summed E-state index contributed by atoms with van der Waals surface area (Å²) >= 11 is 1.08. The molecule has 0 aliphatic rings. The van der Waals surface area contributed by atoms with E-state index in [2.05, 4.69) is 14.1 Å². The summed E-state index contributed by atoms with van der Waals surface area (Å²) in [5.74, 6) is 1.26. The third kappa shape index (κ3) is 4.96. The van der Waals surface area contributed by atoms with Crippen LogP contribution in [0.5, 0.6) is 11.6 Å². The van der Waals surface area contributed by atoms with Crippen molar-refractivity contribution in [2.45, 2.75) is 19.1 Å². The van der Waals surface area contributed by atoms with Crippen LogP contribution in [-0.4, -0.2) is 40.2 Å². The van der Waals surface area contributed by atoms with Crippen LogP contribution in [0.25, 0.3) is 0 Å². The van der Waals surface area contributed by atoms with Crippen molar-refractivity contribution in [2.75, 3.05) is 20.3 Å². The normalized spacial score (nSPS) is 13.7. The van der Waals surface area contributed by atoms with Gasteiger partial charge in [-0.2, -0.15) is 4.37 Å². The molecule has 0 bridgehead atoms. The first-order valence-corrected chi connectivity index (χ1v) is 7.38. The Bertz CT molecular complexity index is 536. The number of nitrogens with one attached hydrogen (secondary N) is 1. The summed E-state index contributed by atoms with van der Waals surface area (Å²) < 4.78 is 18.3. The van der Waals surface area contributed by atoms with E-state index < -0.39 is 6.10 Å². The molecule has 2 atom stereocenters. The summed E-state index contributed by atoms with van der Waals surface area (Å²) in [6.45, 7) is 2.64. The van der Waals surface area contributed by atoms with E-state index in [-0.39, 0.29) is 12.6 Å². The van der Waals surface area contributed by atoms with Crippen LogP contribution < -0.4 is 14.8 Å². The lowest BCUT2D eigenvalue weighted by molar-refractivity contribution is 0.102. The van der Waals surface area contributed by atoms with Gasteiger partial charge in [-0.25, -0.2) is 0 Å². The molecule has 0 aliphatic carbocycles. The van der Waals surface area contributed by atoms with Gasteiger partial charge in [0.05, 0.1) is 18.8 Å². The molecule has 0 aliphatic heterocycles. The maximum Gasteiger partial charge on any atom is 0.245 e. The molecule has 1 aromatic heterocycles. The minimum Gasteiger partial charge on any atom is -0.497 e. The van der Waals surface area contributed by atoms with Crippen LogP contribution in [0.4, 0.5) is 0 Å². The number of ether oxygens (including phenoxy) is 2. The highest BCUT2D eigenvalue weighted by Crippen LogP contribution is 2.18. The molecular formula is C14H19N3O3S. The Hall–Kier alpha value is -1.70. The van der Waals surface area contributed by atoms with Crippen molar-refractivity contribution in [3.63, 3.8) is 0 Å². The Kier molecular flexibility index (Phi) is 5.91. The molecule has 114 valence electrons. The maximum atomic E-state index is 9.89. The van der Waals surface area contributed by atoms with Crippen molar-refractivity contribution in [1.82, 2.24) is 14.1 Å². The Morgan fingerprint density at radius 1 is 1.43 bits per heavy atom. The molecule has 7 heteroatoms. The van der Waals surface area contributed by atoms with Crippen molar-refractivity contribution in [3.05, 3.63) is 36.0 Å². The molecule has 0 saturated carbocycles. The predicted molar refractivity (Wildman–Crippen MR) is 80.8 cm³/mol. The Labute approximate surface area is 128 Å². The fraction of sp³-hybridized carbons (Fsp3) is 0.429. The molecule has 1 heterocycles. The molecule has 0 fully saturated rings. The highest BCUT2D eigenvalue weighted by atomic mass is 32.1. The van der Waals surface area contributed by atoms with Crippen LogP contribution in [0.2, 0.25) is 0 Å². The van der Waals surface area contributed by atoms with Gasteiger partial charge in [-0.15, -0.1) is 4.37 Å². The van der Waals surface area contributed by atoms with Gasteiger partial charge in [0.15, 0.2) is 0 Å². The number of aliphatic hydroxyl groups is 1. The van der Waals surface area contributed by atoms with Gasteiger partial charge in [0.25, 0.3) is 0 Å². The molecule has 1 unspecified atom stereocenters. The lowest BCUT2D eigenvalue weighted by atomic mass is 10.1. The summed E-state index contributed by atoms with van der Waals surface area (Å²) in [5.41, 5.74) is 1.10. The molecule has 6 nitrogen and oxygen atoms in total. The van der Waals surface area contributed by atoms with Gasteiger partial charge in [-0.05, 0) is 24.6 Å². The maximum absolute atomic E-state index is 9.89. The number of methoxy groups -OCH3 is 1. The van der Waals surface area contributed by atoms with Gasteiger partial charge in [-0.1, -0.05) is 12.1 Å². The fourth-order valence-corrected chi connectivity index (χ4v) is 2.17. The predicted octanol–water partition coefficient (Wildman–Crippen LogP) is 1.64. The molecule has 1 aromatic carbocycles. The SMILES string of the molecule is COc1cccc([C@H](C)NCC(O)COc2cnsn2)c1. The lowest BCUT2D eigenvalue weighted by Gasteiger charge is -2.18. The van der Waals surface area contributed by atoms with E-state index in [1.54, 1.807) is 7.11 Å². The van der Waals surface area contributed by atoms with Crippen LogP contribution in [0.1, 0.15) is 18.5 Å². The second kappa shape index (κ2) is 7.92. The van der Waals surface area contributed by atoms with Crippen LogP contribution in [0.15, 0.2) is 30.5 Å². The summed E-state index contributed by atoms with van der Waals surface area (Å²) in [6.07, 6.45) is 0.920. The van der Waals surface area contributed by atoms with Crippen molar-refractivity contribution < 1.29 is 14.6 Å². The van der Waals surface area contributed by atoms with Crippen LogP contribution >= 0.6 is 11.7 Å². The van der Waals surface area contributed by atoms with E-state index in [0.29, 0.717) is 12.4 Å². The Morgan fingerprint density at radius 3 is 3.00 bits per heavy atom. The third-order valence-electron chi connectivity index (χ3n) is 3.02. The standard InChI is InChI=1S/C14H19N3O3S/c1-10(11-4-3-5-13(6-11)19-2)15-7-12(18)9-20-14-8-16-21-17-14/h3-6,8,10,12,15,18H,7,9H2,1-2H3/t10-,12?/m0/s1. The third-order valence-corrected chi connectivity index (χ3v) is 3.48. The van der Waals surface area contributed by atoms with E-state index in [1.165, 1.54) is 6.20 Å². The molecule has 2 aromatic rings. The average molecular weight is 309 g/mol. The molecular weight excluding hydrogens is 290 g/mol. The van der Waals surface area contributed by atoms with Crippen molar-refractivity contribution >= 4 is 11.7 Å². The van der Waals surface area contributed by atoms with Gasteiger partial charge in [0, 0.05) is 12.6 Å². The monoisotopic (exact) mass is 309 g/mol. The van der Waals surface area contributed by atoms with E-state index >= 15 is 0 Å². The smallest absolute Gasteiger partial charge is 0.245 e. The zero-order chi connectivity index (χ0) is 15.1. The highest BCUT2D eigenvalue weighted by Gasteiger charge is 2.10. The van der Waals surface area contributed by atoms with Crippen LogP contribution in [-0.2, 0) is 0 Å². The lowest BCUT2D eigenvalue weighted by Crippen LogP contribution is -2.33. The van der Waals surface area contributed by atoms with E-state index in [1.807, 2.05) is 31.2 Å². The quantitative estimate of drug-likeness (QED) is 0.772. The second-order valence-corrected chi connectivity index (χ2v) is 5.17. The largest absolute Gasteiger partial charge is 0.497 e. The molecule has 2 rings (SSSR count). The topological polar surface area (TPSA) is 76.5 Å². The summed E-state index contributed by atoms with van der Waals surface area (Å²) in [6, 6.07) is 7.95. The first-order chi connectivity index (χ1) is 10.2. The second-order valence-electron chi connectivity index (χ2n) is 4.62. The summed E-state index contributed by atoms with van der Waals surface area (Å²) in [4.78, 5) is 0. The first kappa shape index (κ1) is 15.7. The minimum absolute atomic E-state index is 0.107. The van der Waals surface area contributed by atoms with Gasteiger partial charge in [0.1, 0.15) is 24.7 Å². The number of hydrogen-bond acceptors (Lipinski definition) is 7. The van der Waals surface area contributed by atoms with Gasteiger partial charge >= 0.3 is 0 Å². The zero-order valence-corrected chi connectivity index (χ0v) is 12.8. The minimum atomic E-state index is -0.611. The van der Waals surface area contributed by atoms with Crippen LogP contribution in [0, 0.1) is 0 Å². The van der Waals surface area contributed by atoms with Crippen LogP contribution in [0.3, 0.4) is 0 Å². The van der Waals surface area contributed by atoms with Crippen molar-refractivity contribution in [2.24, 2.45) is 0 Å². The van der Waals surface area contributed by atoms with Gasteiger partial charge in [0.2, 0.25) is 5.88 Å². The number of aromatic nitrogens is 2. The van der Waals surface area contributed by atoms with Gasteiger partial charge in [-0.3, -0.25) is 0 Å². The molecule has 2 N–H and O–H groups in total. The number of nitrogens with zero attached hydrogens (tertiary/aromatic N) is 2. The molecule has 0 radical (unpaired) electrons. The van der Waals surface area contributed by atoms with E-state index in [9.17, 15) is 5.11 Å². The van der Waals surface area contributed by atoms with E-state index in [4.69, 9.17) is 9.47 Å². The summed E-state index contributed by atoms with van der Waals surface area (Å²) in [5, 5.41) is 13.1. The molecule has 0 saturated heterocycles. The number of rotatable bonds is 8. The fourth-order valence-electron chi connectivity index (χ4n) is 1.80. The molecule has 0 spiro atoms. The Balaban J connectivity index is 1.75. The number of aliphatic hydroxyl groups excluding tert-OH is 1. The highest BCUT2D eigenvalue weighted by molar-refractivity contribution is 6.99. The van der Waals surface area contributed by atoms with Crippen molar-refractivity contribution in [1.29, 1.82) is 0 Å². The van der Waals surface area contributed by atoms with E-state index in [0.717, 1.165) is 23.0 Å². The molecule has 0 amide bonds. The first-order valence-electron chi connectivity index (χ1n) is 6.65. The number of hydrogen-bond donors (Lipinski definition) is 2. The zero-order valence-electron chi connectivity index (χ0n) is 12.0. The average Bonchev–Trinajstić information content (AvgIpc) is 3.04. The Morgan fingerprint density at radius 2 is 2.29 bits per heavy atom. The summed E-state index contributed by atoms with van der Waals surface area (Å²) in [7, 11) is 1.64. The van der Waals surface area contributed by atoms with Crippen molar-refractivity contribution in [3.8, 4) is 11.6 Å². The molecule has 21 heavy (non-hydrogen) atoms. The van der Waals surface area contributed by atoms with Gasteiger partial charge < -0.3 is 19.9 Å².